The summed E-state index contributed by atoms with van der Waals surface area (Å²) in [6.07, 6.45) is 6.56. The van der Waals surface area contributed by atoms with E-state index in [1.165, 1.54) is 44.6 Å². The van der Waals surface area contributed by atoms with Gasteiger partial charge in [0.2, 0.25) is 0 Å². The molecule has 2 aliphatic rings. The van der Waals surface area contributed by atoms with E-state index in [9.17, 15) is 13.9 Å². The molecule has 4 heteroatoms. The summed E-state index contributed by atoms with van der Waals surface area (Å²) in [4.78, 5) is 2.39. The van der Waals surface area contributed by atoms with E-state index in [4.69, 9.17) is 0 Å². The van der Waals surface area contributed by atoms with Gasteiger partial charge in [0.25, 0.3) is 0 Å². The van der Waals surface area contributed by atoms with Crippen molar-refractivity contribution in [1.82, 2.24) is 4.90 Å². The summed E-state index contributed by atoms with van der Waals surface area (Å²) in [5, 5.41) is 10.3. The van der Waals surface area contributed by atoms with Crippen molar-refractivity contribution in [1.29, 1.82) is 0 Å². The summed E-state index contributed by atoms with van der Waals surface area (Å²) in [6.45, 7) is 0.528. The predicted octanol–water partition coefficient (Wildman–Crippen LogP) is 3.41. The predicted molar refractivity (Wildman–Crippen MR) is 73.3 cm³/mol. The van der Waals surface area contributed by atoms with Crippen molar-refractivity contribution >= 4 is 0 Å². The Bertz CT molecular complexity index is 470. The third-order valence-electron chi connectivity index (χ3n) is 4.52. The first-order valence-electron chi connectivity index (χ1n) is 7.54. The van der Waals surface area contributed by atoms with Crippen molar-refractivity contribution in [3.63, 3.8) is 0 Å². The van der Waals surface area contributed by atoms with E-state index in [1.54, 1.807) is 0 Å². The average Bonchev–Trinajstić information content (AvgIpc) is 3.13. The molecule has 0 aromatic heterocycles. The van der Waals surface area contributed by atoms with Crippen LogP contribution in [0.5, 0.6) is 0 Å². The lowest BCUT2D eigenvalue weighted by atomic mass is 10.1. The number of hydrogen-bond donors (Lipinski definition) is 1. The standard InChI is InChI=1S/C16H21F2NO/c17-14-8-5-11(9-15(14)18)16(20)10-19(13-6-7-13)12-3-1-2-4-12/h5,8-9,12-13,16,20H,1-4,6-7,10H2. The Hall–Kier alpha value is -1.00. The van der Waals surface area contributed by atoms with E-state index in [0.29, 0.717) is 24.2 Å². The van der Waals surface area contributed by atoms with Gasteiger partial charge in [-0.2, -0.15) is 0 Å². The monoisotopic (exact) mass is 281 g/mol. The lowest BCUT2D eigenvalue weighted by molar-refractivity contribution is 0.0819. The smallest absolute Gasteiger partial charge is 0.159 e. The summed E-state index contributed by atoms with van der Waals surface area (Å²) in [7, 11) is 0. The van der Waals surface area contributed by atoms with Crippen molar-refractivity contribution < 1.29 is 13.9 Å². The third-order valence-corrected chi connectivity index (χ3v) is 4.52. The first-order chi connectivity index (χ1) is 9.65. The number of halogens is 2. The Kier molecular flexibility index (Phi) is 4.03. The minimum atomic E-state index is -0.889. The van der Waals surface area contributed by atoms with E-state index in [1.807, 2.05) is 0 Å². The number of benzene rings is 1. The SMILES string of the molecule is OC(CN(C1CCCC1)C1CC1)c1ccc(F)c(F)c1. The van der Waals surface area contributed by atoms with Gasteiger partial charge in [-0.05, 0) is 43.4 Å². The van der Waals surface area contributed by atoms with Crippen molar-refractivity contribution in [3.05, 3.63) is 35.4 Å². The van der Waals surface area contributed by atoms with Gasteiger partial charge in [0.05, 0.1) is 6.10 Å². The molecule has 0 amide bonds. The molecule has 1 aromatic rings. The molecule has 110 valence electrons. The van der Waals surface area contributed by atoms with Crippen LogP contribution < -0.4 is 0 Å². The van der Waals surface area contributed by atoms with E-state index in [2.05, 4.69) is 4.90 Å². The fourth-order valence-electron chi connectivity index (χ4n) is 3.26. The minimum Gasteiger partial charge on any atom is -0.387 e. The zero-order valence-electron chi connectivity index (χ0n) is 11.6. The zero-order valence-corrected chi connectivity index (χ0v) is 11.6. The Morgan fingerprint density at radius 2 is 1.70 bits per heavy atom. The van der Waals surface area contributed by atoms with Gasteiger partial charge < -0.3 is 5.11 Å². The number of nitrogens with zero attached hydrogens (tertiary/aromatic N) is 1. The first-order valence-corrected chi connectivity index (χ1v) is 7.54. The summed E-state index contributed by atoms with van der Waals surface area (Å²) in [5.74, 6) is -1.75. The normalized spacial score (nSPS) is 21.6. The van der Waals surface area contributed by atoms with Gasteiger partial charge in [-0.1, -0.05) is 18.9 Å². The van der Waals surface area contributed by atoms with E-state index in [-0.39, 0.29) is 0 Å². The lowest BCUT2D eigenvalue weighted by Gasteiger charge is -2.31. The second kappa shape index (κ2) is 5.78. The summed E-state index contributed by atoms with van der Waals surface area (Å²) in [6, 6.07) is 4.81. The van der Waals surface area contributed by atoms with Gasteiger partial charge >= 0.3 is 0 Å². The molecule has 0 saturated heterocycles. The molecule has 20 heavy (non-hydrogen) atoms. The van der Waals surface area contributed by atoms with Crippen LogP contribution in [0, 0.1) is 11.6 Å². The Balaban J connectivity index is 1.69. The minimum absolute atomic E-state index is 0.465. The maximum Gasteiger partial charge on any atom is 0.159 e. The van der Waals surface area contributed by atoms with Crippen LogP contribution in [-0.2, 0) is 0 Å². The van der Waals surface area contributed by atoms with Crippen molar-refractivity contribution in [3.8, 4) is 0 Å². The van der Waals surface area contributed by atoms with Crippen LogP contribution in [0.2, 0.25) is 0 Å². The largest absolute Gasteiger partial charge is 0.387 e. The summed E-state index contributed by atoms with van der Waals surface area (Å²) < 4.78 is 26.2. The average molecular weight is 281 g/mol. The zero-order chi connectivity index (χ0) is 14.1. The quantitative estimate of drug-likeness (QED) is 0.894. The van der Waals surface area contributed by atoms with E-state index < -0.39 is 17.7 Å². The highest BCUT2D eigenvalue weighted by atomic mass is 19.2. The Labute approximate surface area is 118 Å². The maximum atomic E-state index is 13.2. The van der Waals surface area contributed by atoms with Crippen LogP contribution in [0.3, 0.4) is 0 Å². The number of hydrogen-bond acceptors (Lipinski definition) is 2. The van der Waals surface area contributed by atoms with Gasteiger partial charge in [0, 0.05) is 18.6 Å². The number of aliphatic hydroxyl groups excluding tert-OH is 1. The molecule has 0 heterocycles. The fourth-order valence-corrected chi connectivity index (χ4v) is 3.26. The van der Waals surface area contributed by atoms with Crippen LogP contribution in [0.4, 0.5) is 8.78 Å². The van der Waals surface area contributed by atoms with Gasteiger partial charge in [0.1, 0.15) is 0 Å². The highest BCUT2D eigenvalue weighted by molar-refractivity contribution is 5.20. The number of rotatable bonds is 5. The van der Waals surface area contributed by atoms with Gasteiger partial charge in [-0.3, -0.25) is 4.90 Å². The first kappa shape index (κ1) is 14.0. The van der Waals surface area contributed by atoms with E-state index >= 15 is 0 Å². The van der Waals surface area contributed by atoms with Crippen molar-refractivity contribution in [2.75, 3.05) is 6.54 Å². The van der Waals surface area contributed by atoms with Crippen molar-refractivity contribution in [2.24, 2.45) is 0 Å². The second-order valence-corrected chi connectivity index (χ2v) is 6.06. The van der Waals surface area contributed by atoms with Gasteiger partial charge in [-0.15, -0.1) is 0 Å². The Morgan fingerprint density at radius 3 is 2.30 bits per heavy atom. The molecule has 2 fully saturated rings. The topological polar surface area (TPSA) is 23.5 Å². The molecule has 1 aromatic carbocycles. The van der Waals surface area contributed by atoms with Gasteiger partial charge in [-0.25, -0.2) is 8.78 Å². The second-order valence-electron chi connectivity index (χ2n) is 6.06. The van der Waals surface area contributed by atoms with Crippen LogP contribution in [0.1, 0.15) is 50.2 Å². The third kappa shape index (κ3) is 3.01. The molecule has 0 aliphatic heterocycles. The molecule has 2 saturated carbocycles. The van der Waals surface area contributed by atoms with Crippen LogP contribution in [-0.4, -0.2) is 28.6 Å². The highest BCUT2D eigenvalue weighted by Gasteiger charge is 2.36. The molecule has 3 rings (SSSR count). The number of aliphatic hydroxyl groups is 1. The maximum absolute atomic E-state index is 13.2. The van der Waals surface area contributed by atoms with Crippen LogP contribution >= 0.6 is 0 Å². The molecular formula is C16H21F2NO. The van der Waals surface area contributed by atoms with Gasteiger partial charge in [0.15, 0.2) is 11.6 Å². The molecule has 1 unspecified atom stereocenters. The van der Waals surface area contributed by atoms with E-state index in [0.717, 1.165) is 12.1 Å². The van der Waals surface area contributed by atoms with Crippen molar-refractivity contribution in [2.45, 2.75) is 56.7 Å². The summed E-state index contributed by atoms with van der Waals surface area (Å²) >= 11 is 0. The molecule has 0 radical (unpaired) electrons. The molecule has 0 spiro atoms. The molecule has 1 atom stereocenters. The molecular weight excluding hydrogens is 260 g/mol. The molecule has 0 bridgehead atoms. The van der Waals surface area contributed by atoms with Crippen LogP contribution in [0.15, 0.2) is 18.2 Å². The summed E-state index contributed by atoms with van der Waals surface area (Å²) in [5.41, 5.74) is 0.465. The fraction of sp³-hybridized carbons (Fsp3) is 0.625. The molecule has 1 N–H and O–H groups in total. The molecule has 2 nitrogen and oxygen atoms in total. The Morgan fingerprint density at radius 1 is 1.05 bits per heavy atom. The van der Waals surface area contributed by atoms with Crippen LogP contribution in [0.25, 0.3) is 0 Å². The lowest BCUT2D eigenvalue weighted by Crippen LogP contribution is -2.38. The highest BCUT2D eigenvalue weighted by Crippen LogP contribution is 2.35. The molecule has 2 aliphatic carbocycles.